The summed E-state index contributed by atoms with van der Waals surface area (Å²) in [6, 6.07) is 7.30. The number of anilines is 1. The zero-order chi connectivity index (χ0) is 22.1. The molecule has 0 spiro atoms. The predicted octanol–water partition coefficient (Wildman–Crippen LogP) is 3.80. The first-order chi connectivity index (χ1) is 14.9. The lowest BCUT2D eigenvalue weighted by atomic mass is 10.1. The van der Waals surface area contributed by atoms with Gasteiger partial charge in [-0.15, -0.1) is 10.2 Å². The first-order valence-electron chi connectivity index (χ1n) is 9.44. The summed E-state index contributed by atoms with van der Waals surface area (Å²) in [6.07, 6.45) is -2.38. The minimum atomic E-state index is -2.77. The molecule has 1 aliphatic rings. The Morgan fingerprint density at radius 3 is 2.74 bits per heavy atom. The van der Waals surface area contributed by atoms with Gasteiger partial charge in [0.05, 0.1) is 6.54 Å². The molecule has 0 fully saturated rings. The smallest absolute Gasteiger partial charge is 0.291 e. The molecule has 1 aliphatic heterocycles. The molecule has 1 aromatic carbocycles. The Morgan fingerprint density at radius 2 is 2.06 bits per heavy atom. The summed E-state index contributed by atoms with van der Waals surface area (Å²) in [5, 5.41) is 13.7. The van der Waals surface area contributed by atoms with E-state index in [1.54, 1.807) is 11.0 Å². The molecule has 2 amide bonds. The average Bonchev–Trinajstić information content (AvgIpc) is 3.36. The van der Waals surface area contributed by atoms with Gasteiger partial charge >= 0.3 is 0 Å². The van der Waals surface area contributed by atoms with Crippen LogP contribution in [0.15, 0.2) is 24.3 Å². The van der Waals surface area contributed by atoms with Crippen LogP contribution in [0.2, 0.25) is 5.02 Å². The van der Waals surface area contributed by atoms with E-state index < -0.39 is 17.3 Å². The lowest BCUT2D eigenvalue weighted by molar-refractivity contribution is 0.0682. The molecule has 2 aromatic heterocycles. The third kappa shape index (κ3) is 4.15. The summed E-state index contributed by atoms with van der Waals surface area (Å²) in [7, 11) is 0. The Kier molecular flexibility index (Phi) is 5.96. The van der Waals surface area contributed by atoms with Crippen molar-refractivity contribution in [3.8, 4) is 0 Å². The monoisotopic (exact) mass is 466 g/mol. The van der Waals surface area contributed by atoms with Crippen LogP contribution < -0.4 is 5.32 Å². The Balaban J connectivity index is 1.58. The molecule has 4 rings (SSSR count). The van der Waals surface area contributed by atoms with E-state index >= 15 is 0 Å². The van der Waals surface area contributed by atoms with Gasteiger partial charge in [-0.05, 0) is 18.1 Å². The van der Waals surface area contributed by atoms with Crippen LogP contribution in [-0.2, 0) is 19.5 Å². The van der Waals surface area contributed by atoms with E-state index in [1.807, 2.05) is 25.1 Å². The van der Waals surface area contributed by atoms with Gasteiger partial charge in [0.25, 0.3) is 18.2 Å². The molecular formula is C19H17ClF2N6O2S. The second kappa shape index (κ2) is 8.67. The predicted molar refractivity (Wildman–Crippen MR) is 111 cm³/mol. The molecule has 0 aliphatic carbocycles. The number of fused-ring (bicyclic) bond motifs is 1. The topological polar surface area (TPSA) is 93.0 Å². The molecular weight excluding hydrogens is 450 g/mol. The number of alkyl halides is 2. The molecule has 0 radical (unpaired) electrons. The Morgan fingerprint density at radius 1 is 1.29 bits per heavy atom. The largest absolute Gasteiger partial charge is 0.331 e. The minimum absolute atomic E-state index is 0.0556. The van der Waals surface area contributed by atoms with Crippen molar-refractivity contribution in [2.75, 3.05) is 11.9 Å². The van der Waals surface area contributed by atoms with Crippen LogP contribution in [0.5, 0.6) is 0 Å². The Labute approximate surface area is 184 Å². The van der Waals surface area contributed by atoms with E-state index in [0.29, 0.717) is 53.7 Å². The molecule has 3 heterocycles. The van der Waals surface area contributed by atoms with Crippen molar-refractivity contribution in [1.29, 1.82) is 0 Å². The number of aromatic nitrogens is 4. The van der Waals surface area contributed by atoms with Crippen molar-refractivity contribution in [3.05, 3.63) is 56.8 Å². The average molecular weight is 467 g/mol. The summed E-state index contributed by atoms with van der Waals surface area (Å²) >= 11 is 6.82. The van der Waals surface area contributed by atoms with Crippen molar-refractivity contribution >= 4 is 39.9 Å². The van der Waals surface area contributed by atoms with E-state index in [0.717, 1.165) is 5.56 Å². The summed E-state index contributed by atoms with van der Waals surface area (Å²) in [5.74, 6) is -0.869. The quantitative estimate of drug-likeness (QED) is 0.596. The summed E-state index contributed by atoms with van der Waals surface area (Å²) < 4.78 is 26.9. The lowest BCUT2D eigenvalue weighted by Crippen LogP contribution is -2.40. The molecule has 0 atom stereocenters. The van der Waals surface area contributed by atoms with Crippen molar-refractivity contribution in [2.24, 2.45) is 0 Å². The second-order valence-corrected chi connectivity index (χ2v) is 8.19. The fourth-order valence-electron chi connectivity index (χ4n) is 3.40. The Bertz CT molecular complexity index is 1150. The fraction of sp³-hybridized carbons (Fsp3) is 0.316. The Hall–Kier alpha value is -2.92. The maximum atomic E-state index is 13.2. The summed E-state index contributed by atoms with van der Waals surface area (Å²) in [6.45, 7) is 2.99. The molecule has 31 heavy (non-hydrogen) atoms. The maximum Gasteiger partial charge on any atom is 0.291 e. The van der Waals surface area contributed by atoms with Gasteiger partial charge in [-0.2, -0.15) is 5.10 Å². The molecule has 0 saturated heterocycles. The third-order valence-electron chi connectivity index (χ3n) is 4.86. The number of benzene rings is 1. The van der Waals surface area contributed by atoms with Crippen molar-refractivity contribution in [2.45, 2.75) is 32.9 Å². The zero-order valence-electron chi connectivity index (χ0n) is 16.3. The van der Waals surface area contributed by atoms with Gasteiger partial charge in [0, 0.05) is 23.7 Å². The van der Waals surface area contributed by atoms with E-state index in [9.17, 15) is 18.4 Å². The summed E-state index contributed by atoms with van der Waals surface area (Å²) in [4.78, 5) is 27.6. The molecule has 0 saturated carbocycles. The van der Waals surface area contributed by atoms with Crippen molar-refractivity contribution < 1.29 is 18.4 Å². The highest BCUT2D eigenvalue weighted by Gasteiger charge is 2.33. The van der Waals surface area contributed by atoms with Gasteiger partial charge in [-0.1, -0.05) is 48.1 Å². The SMILES string of the molecule is CCc1c(C(=O)Nc2nnc(C(F)F)s2)nn2c1C(=O)N(Cc1ccccc1Cl)CC2. The van der Waals surface area contributed by atoms with Crippen LogP contribution in [0.1, 0.15) is 50.5 Å². The molecule has 0 unspecified atom stereocenters. The molecule has 8 nitrogen and oxygen atoms in total. The van der Waals surface area contributed by atoms with Crippen LogP contribution in [0.4, 0.5) is 13.9 Å². The van der Waals surface area contributed by atoms with Crippen LogP contribution in [0.25, 0.3) is 0 Å². The number of nitrogens with one attached hydrogen (secondary N) is 1. The highest BCUT2D eigenvalue weighted by Crippen LogP contribution is 2.27. The van der Waals surface area contributed by atoms with Gasteiger partial charge in [0.1, 0.15) is 5.69 Å². The second-order valence-electron chi connectivity index (χ2n) is 6.77. The fourth-order valence-corrected chi connectivity index (χ4v) is 4.19. The zero-order valence-corrected chi connectivity index (χ0v) is 17.9. The summed E-state index contributed by atoms with van der Waals surface area (Å²) in [5.41, 5.74) is 1.73. The van der Waals surface area contributed by atoms with E-state index in [-0.39, 0.29) is 16.7 Å². The number of rotatable bonds is 6. The number of carbonyl (C=O) groups excluding carboxylic acids is 2. The standard InChI is InChI=1S/C19H17ClF2N6O2S/c1-2-11-13(16(29)23-19-25-24-17(31-19)15(21)22)26-28-8-7-27(18(30)14(11)28)9-10-5-3-4-6-12(10)20/h3-6,15H,2,7-9H2,1H3,(H,23,25,29). The van der Waals surface area contributed by atoms with Crippen molar-refractivity contribution in [3.63, 3.8) is 0 Å². The van der Waals surface area contributed by atoms with Crippen LogP contribution in [-0.4, -0.2) is 43.2 Å². The van der Waals surface area contributed by atoms with E-state index in [1.165, 1.54) is 4.68 Å². The number of hydrogen-bond acceptors (Lipinski definition) is 6. The lowest BCUT2D eigenvalue weighted by Gasteiger charge is -2.28. The number of hydrogen-bond donors (Lipinski definition) is 1. The third-order valence-corrected chi connectivity index (χ3v) is 6.07. The van der Waals surface area contributed by atoms with Crippen LogP contribution in [0.3, 0.4) is 0 Å². The molecule has 1 N–H and O–H groups in total. The molecule has 162 valence electrons. The van der Waals surface area contributed by atoms with Crippen molar-refractivity contribution in [1.82, 2.24) is 24.9 Å². The first kappa shape index (κ1) is 21.3. The van der Waals surface area contributed by atoms with Crippen LogP contribution >= 0.6 is 22.9 Å². The number of halogens is 3. The van der Waals surface area contributed by atoms with Gasteiger partial charge in [-0.3, -0.25) is 19.6 Å². The number of amides is 2. The van der Waals surface area contributed by atoms with E-state index in [4.69, 9.17) is 11.6 Å². The molecule has 12 heteroatoms. The first-order valence-corrected chi connectivity index (χ1v) is 10.6. The minimum Gasteiger partial charge on any atom is -0.331 e. The van der Waals surface area contributed by atoms with Gasteiger partial charge < -0.3 is 4.90 Å². The molecule has 3 aromatic rings. The number of nitrogens with zero attached hydrogens (tertiary/aromatic N) is 5. The highest BCUT2D eigenvalue weighted by atomic mass is 35.5. The maximum absolute atomic E-state index is 13.2. The van der Waals surface area contributed by atoms with Gasteiger partial charge in [-0.25, -0.2) is 8.78 Å². The normalized spacial score (nSPS) is 13.6. The van der Waals surface area contributed by atoms with Crippen LogP contribution in [0, 0.1) is 0 Å². The van der Waals surface area contributed by atoms with E-state index in [2.05, 4.69) is 20.6 Å². The highest BCUT2D eigenvalue weighted by molar-refractivity contribution is 7.15. The molecule has 0 bridgehead atoms. The van der Waals surface area contributed by atoms with Gasteiger partial charge in [0.2, 0.25) is 5.13 Å². The van der Waals surface area contributed by atoms with Gasteiger partial charge in [0.15, 0.2) is 10.7 Å². The number of carbonyl (C=O) groups is 2.